The van der Waals surface area contributed by atoms with Crippen LogP contribution >= 0.6 is 23.2 Å². The number of aliphatic carboxylic acids is 1. The molecule has 5 unspecified atom stereocenters. The van der Waals surface area contributed by atoms with E-state index in [4.69, 9.17) is 32.7 Å². The van der Waals surface area contributed by atoms with E-state index in [9.17, 15) is 25.2 Å². The monoisotopic (exact) mass is 483 g/mol. The Morgan fingerprint density at radius 3 is 2.41 bits per heavy atom. The summed E-state index contributed by atoms with van der Waals surface area (Å²) in [5.74, 6) is -0.774. The van der Waals surface area contributed by atoms with Crippen molar-refractivity contribution in [3.63, 3.8) is 0 Å². The van der Waals surface area contributed by atoms with E-state index in [1.165, 1.54) is 0 Å². The molecule has 6 atom stereocenters. The first-order chi connectivity index (χ1) is 15.3. The molecular weight excluding hydrogens is 461 g/mol. The largest absolute Gasteiger partial charge is 0.488 e. The van der Waals surface area contributed by atoms with Crippen molar-refractivity contribution in [2.75, 3.05) is 6.54 Å². The quantitative estimate of drug-likeness (QED) is 0.435. The number of aliphatic hydroxyl groups is 3. The summed E-state index contributed by atoms with van der Waals surface area (Å²) in [5, 5.41) is 43.1. The first-order valence-corrected chi connectivity index (χ1v) is 10.9. The number of hydrogen-bond acceptors (Lipinski definition) is 7. The van der Waals surface area contributed by atoms with Gasteiger partial charge in [-0.25, -0.2) is 4.79 Å². The fourth-order valence-electron chi connectivity index (χ4n) is 4.06. The molecule has 0 saturated carbocycles. The van der Waals surface area contributed by atoms with E-state index < -0.39 is 36.6 Å². The number of carboxylic acids is 1. The number of fused-ring (bicyclic) bond motifs is 1. The van der Waals surface area contributed by atoms with Crippen molar-refractivity contribution >= 4 is 29.2 Å². The molecule has 2 aromatic carbocycles. The molecule has 0 bridgehead atoms. The van der Waals surface area contributed by atoms with Crippen LogP contribution in [-0.4, -0.2) is 69.7 Å². The third-order valence-corrected chi connectivity index (χ3v) is 6.38. The summed E-state index contributed by atoms with van der Waals surface area (Å²) >= 11 is 12.8. The third-order valence-electron chi connectivity index (χ3n) is 5.75. The molecule has 2 heterocycles. The number of aliphatic hydroxyl groups excluding tert-OH is 3. The Hall–Kier alpha value is -1.91. The maximum atomic E-state index is 11.3. The lowest BCUT2D eigenvalue weighted by Crippen LogP contribution is -2.64. The van der Waals surface area contributed by atoms with E-state index in [2.05, 4.69) is 5.32 Å². The smallest absolute Gasteiger partial charge is 0.335 e. The van der Waals surface area contributed by atoms with Gasteiger partial charge in [0, 0.05) is 17.7 Å². The fraction of sp³-hybridized carbons (Fsp3) is 0.409. The zero-order valence-corrected chi connectivity index (χ0v) is 18.3. The van der Waals surface area contributed by atoms with Gasteiger partial charge in [0.1, 0.15) is 36.4 Å². The Balaban J connectivity index is 1.50. The van der Waals surface area contributed by atoms with Crippen molar-refractivity contribution in [3.05, 3.63) is 52.0 Å². The molecule has 2 aliphatic rings. The van der Waals surface area contributed by atoms with Crippen LogP contribution in [0.1, 0.15) is 12.0 Å². The molecule has 0 aromatic heterocycles. The molecule has 0 radical (unpaired) electrons. The third kappa shape index (κ3) is 4.45. The minimum atomic E-state index is -1.73. The van der Waals surface area contributed by atoms with Crippen molar-refractivity contribution in [1.29, 1.82) is 0 Å². The van der Waals surface area contributed by atoms with Crippen molar-refractivity contribution in [2.45, 2.75) is 49.6 Å². The number of aryl methyl sites for hydroxylation is 1. The zero-order chi connectivity index (χ0) is 23.0. The van der Waals surface area contributed by atoms with Gasteiger partial charge >= 0.3 is 5.97 Å². The van der Waals surface area contributed by atoms with Gasteiger partial charge in [0.2, 0.25) is 0 Å². The number of ether oxygens (including phenoxy) is 2. The number of halogens is 2. The summed E-state index contributed by atoms with van der Waals surface area (Å²) in [6.07, 6.45) is -6.69. The highest BCUT2D eigenvalue weighted by Crippen LogP contribution is 2.43. The van der Waals surface area contributed by atoms with E-state index in [1.807, 2.05) is 18.2 Å². The van der Waals surface area contributed by atoms with Crippen LogP contribution in [0.4, 0.5) is 0 Å². The summed E-state index contributed by atoms with van der Waals surface area (Å²) in [4.78, 5) is 11.3. The molecule has 172 valence electrons. The molecular formula is C22H23Cl2NO7. The van der Waals surface area contributed by atoms with Gasteiger partial charge in [-0.2, -0.15) is 0 Å². The Labute approximate surface area is 194 Å². The molecule has 1 saturated heterocycles. The van der Waals surface area contributed by atoms with Crippen LogP contribution in [0.5, 0.6) is 5.75 Å². The molecule has 32 heavy (non-hydrogen) atoms. The molecule has 1 fully saturated rings. The number of carboxylic acid groups (broad SMARTS) is 1. The van der Waals surface area contributed by atoms with Gasteiger partial charge in [-0.3, -0.25) is 5.32 Å². The summed E-state index contributed by atoms with van der Waals surface area (Å²) in [5.41, 5.74) is 2.45. The minimum absolute atomic E-state index is 0.209. The lowest BCUT2D eigenvalue weighted by atomic mass is 9.95. The van der Waals surface area contributed by atoms with Crippen LogP contribution in [-0.2, 0) is 16.0 Å². The number of carbonyl (C=O) groups is 1. The van der Waals surface area contributed by atoms with Gasteiger partial charge in [-0.15, -0.1) is 0 Å². The van der Waals surface area contributed by atoms with E-state index >= 15 is 0 Å². The fourth-order valence-corrected chi connectivity index (χ4v) is 4.66. The Morgan fingerprint density at radius 2 is 1.72 bits per heavy atom. The van der Waals surface area contributed by atoms with Crippen molar-refractivity contribution < 1.29 is 34.7 Å². The van der Waals surface area contributed by atoms with Gasteiger partial charge in [-0.1, -0.05) is 47.5 Å². The zero-order valence-electron chi connectivity index (χ0n) is 16.8. The van der Waals surface area contributed by atoms with Gasteiger partial charge in [0.05, 0.1) is 10.0 Å². The highest BCUT2D eigenvalue weighted by atomic mass is 35.5. The molecule has 0 amide bonds. The van der Waals surface area contributed by atoms with Crippen LogP contribution in [0.15, 0.2) is 36.4 Å². The average Bonchev–Trinajstić information content (AvgIpc) is 2.77. The Kier molecular flexibility index (Phi) is 6.92. The number of hydrogen-bond donors (Lipinski definition) is 5. The van der Waals surface area contributed by atoms with E-state index in [1.54, 1.807) is 18.2 Å². The Morgan fingerprint density at radius 1 is 1.03 bits per heavy atom. The van der Waals surface area contributed by atoms with Crippen LogP contribution in [0, 0.1) is 0 Å². The lowest BCUT2D eigenvalue weighted by molar-refractivity contribution is -0.234. The van der Waals surface area contributed by atoms with Gasteiger partial charge in [-0.05, 0) is 30.5 Å². The van der Waals surface area contributed by atoms with Gasteiger partial charge < -0.3 is 29.9 Å². The van der Waals surface area contributed by atoms with E-state index in [-0.39, 0.29) is 12.6 Å². The number of benzene rings is 2. The maximum Gasteiger partial charge on any atom is 0.335 e. The van der Waals surface area contributed by atoms with E-state index in [0.29, 0.717) is 27.8 Å². The predicted molar refractivity (Wildman–Crippen MR) is 117 cm³/mol. The molecule has 2 aromatic rings. The van der Waals surface area contributed by atoms with Crippen LogP contribution in [0.2, 0.25) is 10.0 Å². The second kappa shape index (κ2) is 9.52. The molecule has 5 N–H and O–H groups in total. The first kappa shape index (κ1) is 23.3. The molecule has 0 spiro atoms. The highest BCUT2D eigenvalue weighted by Gasteiger charge is 2.47. The molecule has 0 aliphatic carbocycles. The van der Waals surface area contributed by atoms with Crippen LogP contribution in [0.25, 0.3) is 11.1 Å². The summed E-state index contributed by atoms with van der Waals surface area (Å²) in [6, 6.07) is 11.0. The average molecular weight is 484 g/mol. The molecule has 10 heteroatoms. The van der Waals surface area contributed by atoms with Crippen LogP contribution < -0.4 is 10.1 Å². The predicted octanol–water partition coefficient (Wildman–Crippen LogP) is 1.84. The van der Waals surface area contributed by atoms with Crippen molar-refractivity contribution in [1.82, 2.24) is 5.32 Å². The van der Waals surface area contributed by atoms with Crippen molar-refractivity contribution in [2.24, 2.45) is 0 Å². The number of nitrogens with one attached hydrogen (secondary N) is 1. The van der Waals surface area contributed by atoms with Crippen molar-refractivity contribution in [3.8, 4) is 16.9 Å². The lowest BCUT2D eigenvalue weighted by Gasteiger charge is -2.40. The summed E-state index contributed by atoms with van der Waals surface area (Å²) in [6.45, 7) is 0.209. The second-order valence-electron chi connectivity index (χ2n) is 7.86. The SMILES string of the molecule is O=C(O)C1OC(NC[C@H]2CCc3cccc(-c4c(Cl)cccc4Cl)c3O2)C(O)C(O)C1O. The van der Waals surface area contributed by atoms with Crippen LogP contribution in [0.3, 0.4) is 0 Å². The molecule has 4 rings (SSSR count). The van der Waals surface area contributed by atoms with E-state index in [0.717, 1.165) is 17.5 Å². The normalized spacial score (nSPS) is 29.8. The molecule has 2 aliphatic heterocycles. The Bertz CT molecular complexity index is 984. The van der Waals surface area contributed by atoms with Gasteiger partial charge in [0.25, 0.3) is 0 Å². The number of para-hydroxylation sites is 1. The maximum absolute atomic E-state index is 11.3. The summed E-state index contributed by atoms with van der Waals surface area (Å²) < 4.78 is 11.5. The second-order valence-corrected chi connectivity index (χ2v) is 8.68. The first-order valence-electron chi connectivity index (χ1n) is 10.2. The minimum Gasteiger partial charge on any atom is -0.488 e. The standard InChI is InChI=1S/C22H23Cl2NO7/c23-13-5-2-6-14(24)15(13)12-4-1-3-10-7-8-11(31-19(10)12)9-25-21-18(28)16(26)17(27)20(32-21)22(29)30/h1-6,11,16-18,20-21,25-28H,7-9H2,(H,29,30)/t11-,16?,17?,18?,20?,21?/m1/s1. The topological polar surface area (TPSA) is 128 Å². The highest BCUT2D eigenvalue weighted by molar-refractivity contribution is 6.39. The summed E-state index contributed by atoms with van der Waals surface area (Å²) in [7, 11) is 0. The number of rotatable bonds is 5. The molecule has 8 nitrogen and oxygen atoms in total. The van der Waals surface area contributed by atoms with Gasteiger partial charge in [0.15, 0.2) is 6.10 Å².